The molecule has 1 N–H and O–H groups in total. The maximum atomic E-state index is 8.73. The Balaban J connectivity index is 0.000000223. The van der Waals surface area contributed by atoms with E-state index in [1.807, 2.05) is 6.92 Å². The van der Waals surface area contributed by atoms with E-state index in [4.69, 9.17) is 14.6 Å². The van der Waals surface area contributed by atoms with Gasteiger partial charge in [0.2, 0.25) is 0 Å². The number of hydrogen-bond donors (Lipinski definition) is 1. The van der Waals surface area contributed by atoms with Gasteiger partial charge in [0.15, 0.2) is 0 Å². The van der Waals surface area contributed by atoms with Gasteiger partial charge in [0.05, 0.1) is 25.9 Å². The fraction of sp³-hybridized carbons (Fsp3) is 1.00. The van der Waals surface area contributed by atoms with E-state index in [0.29, 0.717) is 12.7 Å². The predicted octanol–water partition coefficient (Wildman–Crippen LogP) is 0.435. The smallest absolute Gasteiger partial charge is 0.104 e. The highest BCUT2D eigenvalue weighted by Crippen LogP contribution is 2.06. The van der Waals surface area contributed by atoms with Crippen LogP contribution in [0.1, 0.15) is 13.3 Å². The Bertz CT molecular complexity index is 104. The maximum absolute atomic E-state index is 8.73. The standard InChI is InChI=1S/C5H12O2.C4H8O2/c1-3-5(6)4-7-2;1-5-2-4-3-6-4/h5-6H,3-4H2,1-2H3;4H,2-3H2,1H3. The molecule has 2 atom stereocenters. The topological polar surface area (TPSA) is 51.2 Å². The molecule has 0 amide bonds. The minimum Gasteiger partial charge on any atom is -0.391 e. The summed E-state index contributed by atoms with van der Waals surface area (Å²) in [7, 11) is 3.26. The van der Waals surface area contributed by atoms with Crippen LogP contribution in [0.5, 0.6) is 0 Å². The summed E-state index contributed by atoms with van der Waals surface area (Å²) in [5, 5.41) is 8.73. The van der Waals surface area contributed by atoms with Crippen molar-refractivity contribution in [1.82, 2.24) is 0 Å². The molecule has 0 saturated carbocycles. The molecule has 1 aliphatic heterocycles. The molecule has 80 valence electrons. The lowest BCUT2D eigenvalue weighted by atomic mass is 10.3. The Labute approximate surface area is 79.8 Å². The van der Waals surface area contributed by atoms with Crippen LogP contribution in [-0.4, -0.2) is 51.4 Å². The second kappa shape index (κ2) is 8.44. The SMILES string of the molecule is CCC(O)COC.COCC1CO1. The highest BCUT2D eigenvalue weighted by molar-refractivity contribution is 4.66. The van der Waals surface area contributed by atoms with E-state index in [1.54, 1.807) is 14.2 Å². The predicted molar refractivity (Wildman–Crippen MR) is 49.8 cm³/mol. The molecule has 0 aromatic carbocycles. The summed E-state index contributed by atoms with van der Waals surface area (Å²) in [6, 6.07) is 0. The van der Waals surface area contributed by atoms with Crippen molar-refractivity contribution in [1.29, 1.82) is 0 Å². The molecule has 1 rings (SSSR count). The van der Waals surface area contributed by atoms with E-state index < -0.39 is 0 Å². The van der Waals surface area contributed by atoms with E-state index >= 15 is 0 Å². The molecular formula is C9H20O4. The van der Waals surface area contributed by atoms with Gasteiger partial charge in [-0.3, -0.25) is 0 Å². The molecule has 0 aromatic heterocycles. The van der Waals surface area contributed by atoms with Gasteiger partial charge in [-0.25, -0.2) is 0 Å². The lowest BCUT2D eigenvalue weighted by Crippen LogP contribution is -2.11. The van der Waals surface area contributed by atoms with Crippen LogP contribution in [0.25, 0.3) is 0 Å². The number of rotatable bonds is 5. The first-order valence-electron chi connectivity index (χ1n) is 4.52. The highest BCUT2D eigenvalue weighted by Gasteiger charge is 2.21. The molecule has 13 heavy (non-hydrogen) atoms. The molecule has 1 heterocycles. The first-order valence-corrected chi connectivity index (χ1v) is 4.52. The lowest BCUT2D eigenvalue weighted by Gasteiger charge is -2.02. The third-order valence-electron chi connectivity index (χ3n) is 1.59. The van der Waals surface area contributed by atoms with Crippen LogP contribution >= 0.6 is 0 Å². The van der Waals surface area contributed by atoms with Crippen molar-refractivity contribution in [2.75, 3.05) is 34.0 Å². The Kier molecular flexibility index (Phi) is 8.33. The van der Waals surface area contributed by atoms with Gasteiger partial charge in [-0.15, -0.1) is 0 Å². The van der Waals surface area contributed by atoms with Crippen LogP contribution in [0.4, 0.5) is 0 Å². The quantitative estimate of drug-likeness (QED) is 0.642. The van der Waals surface area contributed by atoms with Crippen LogP contribution in [-0.2, 0) is 14.2 Å². The van der Waals surface area contributed by atoms with Crippen molar-refractivity contribution in [2.24, 2.45) is 0 Å². The first kappa shape index (κ1) is 12.8. The average molecular weight is 192 g/mol. The fourth-order valence-electron chi connectivity index (χ4n) is 0.660. The van der Waals surface area contributed by atoms with Crippen molar-refractivity contribution in [3.8, 4) is 0 Å². The molecule has 2 unspecified atom stereocenters. The molecule has 1 fully saturated rings. The second-order valence-electron chi connectivity index (χ2n) is 2.93. The van der Waals surface area contributed by atoms with Crippen LogP contribution in [0.2, 0.25) is 0 Å². The normalized spacial score (nSPS) is 21.7. The zero-order valence-electron chi connectivity index (χ0n) is 8.66. The van der Waals surface area contributed by atoms with E-state index in [9.17, 15) is 0 Å². The van der Waals surface area contributed by atoms with Gasteiger partial charge in [0.1, 0.15) is 6.10 Å². The van der Waals surface area contributed by atoms with Gasteiger partial charge in [0, 0.05) is 14.2 Å². The summed E-state index contributed by atoms with van der Waals surface area (Å²) in [6.45, 7) is 4.04. The molecule has 4 nitrogen and oxygen atoms in total. The Hall–Kier alpha value is -0.160. The van der Waals surface area contributed by atoms with E-state index in [2.05, 4.69) is 4.74 Å². The molecule has 1 saturated heterocycles. The zero-order chi connectivity index (χ0) is 10.1. The third kappa shape index (κ3) is 9.76. The van der Waals surface area contributed by atoms with Gasteiger partial charge >= 0.3 is 0 Å². The van der Waals surface area contributed by atoms with Crippen LogP contribution in [0.3, 0.4) is 0 Å². The van der Waals surface area contributed by atoms with Crippen molar-refractivity contribution in [3.63, 3.8) is 0 Å². The number of aliphatic hydroxyl groups is 1. The molecule has 1 aliphatic rings. The van der Waals surface area contributed by atoms with Gasteiger partial charge in [-0.1, -0.05) is 6.92 Å². The summed E-state index contributed by atoms with van der Waals surface area (Å²) in [5.74, 6) is 0. The average Bonchev–Trinajstić information content (AvgIpc) is 2.91. The van der Waals surface area contributed by atoms with Crippen LogP contribution in [0, 0.1) is 0 Å². The Morgan fingerprint density at radius 1 is 1.46 bits per heavy atom. The summed E-state index contributed by atoms with van der Waals surface area (Å²) >= 11 is 0. The minimum absolute atomic E-state index is 0.273. The van der Waals surface area contributed by atoms with Crippen molar-refractivity contribution in [2.45, 2.75) is 25.6 Å². The van der Waals surface area contributed by atoms with Crippen LogP contribution < -0.4 is 0 Å². The number of ether oxygens (including phenoxy) is 3. The summed E-state index contributed by atoms with van der Waals surface area (Å²) in [4.78, 5) is 0. The number of hydrogen-bond acceptors (Lipinski definition) is 4. The number of epoxide rings is 1. The minimum atomic E-state index is -0.273. The van der Waals surface area contributed by atoms with Crippen LogP contribution in [0.15, 0.2) is 0 Å². The Morgan fingerprint density at radius 2 is 2.08 bits per heavy atom. The largest absolute Gasteiger partial charge is 0.391 e. The Morgan fingerprint density at radius 3 is 2.23 bits per heavy atom. The lowest BCUT2D eigenvalue weighted by molar-refractivity contribution is 0.0625. The third-order valence-corrected chi connectivity index (χ3v) is 1.59. The molecule has 0 bridgehead atoms. The molecular weight excluding hydrogens is 172 g/mol. The monoisotopic (exact) mass is 192 g/mol. The van der Waals surface area contributed by atoms with E-state index in [0.717, 1.165) is 19.6 Å². The zero-order valence-corrected chi connectivity index (χ0v) is 8.66. The van der Waals surface area contributed by atoms with Crippen molar-refractivity contribution >= 4 is 0 Å². The highest BCUT2D eigenvalue weighted by atomic mass is 16.6. The van der Waals surface area contributed by atoms with E-state index in [1.165, 1.54) is 0 Å². The summed E-state index contributed by atoms with van der Waals surface area (Å²) in [6.07, 6.45) is 0.924. The van der Waals surface area contributed by atoms with Gasteiger partial charge in [-0.2, -0.15) is 0 Å². The van der Waals surface area contributed by atoms with Crippen molar-refractivity contribution in [3.05, 3.63) is 0 Å². The fourth-order valence-corrected chi connectivity index (χ4v) is 0.660. The molecule has 0 aliphatic carbocycles. The van der Waals surface area contributed by atoms with Gasteiger partial charge < -0.3 is 19.3 Å². The van der Waals surface area contributed by atoms with Gasteiger partial charge in [0.25, 0.3) is 0 Å². The molecule has 0 aromatic rings. The molecule has 4 heteroatoms. The molecule has 0 spiro atoms. The van der Waals surface area contributed by atoms with E-state index in [-0.39, 0.29) is 6.10 Å². The van der Waals surface area contributed by atoms with Crippen molar-refractivity contribution < 1.29 is 19.3 Å². The molecule has 0 radical (unpaired) electrons. The maximum Gasteiger partial charge on any atom is 0.104 e. The number of aliphatic hydroxyl groups excluding tert-OH is 1. The van der Waals surface area contributed by atoms with Gasteiger partial charge in [-0.05, 0) is 6.42 Å². The first-order chi connectivity index (χ1) is 6.24. The summed E-state index contributed by atoms with van der Waals surface area (Å²) < 4.78 is 14.2. The summed E-state index contributed by atoms with van der Waals surface area (Å²) in [5.41, 5.74) is 0. The second-order valence-corrected chi connectivity index (χ2v) is 2.93. The number of methoxy groups -OCH3 is 2.